The van der Waals surface area contributed by atoms with Crippen molar-refractivity contribution in [3.8, 4) is 11.5 Å². The van der Waals surface area contributed by atoms with Gasteiger partial charge in [0.15, 0.2) is 0 Å². The number of aromatic nitrogens is 6. The monoisotopic (exact) mass is 802 g/mol. The van der Waals surface area contributed by atoms with E-state index in [-0.39, 0.29) is 66.2 Å². The fraction of sp³-hybridized carbons (Fsp3) is 0.350. The third-order valence-electron chi connectivity index (χ3n) is 10.5. The normalized spacial score (nSPS) is 17.1. The molecule has 302 valence electrons. The summed E-state index contributed by atoms with van der Waals surface area (Å²) in [7, 11) is 0. The molecule has 6 aromatic heterocycles. The van der Waals surface area contributed by atoms with Gasteiger partial charge in [0.1, 0.15) is 56.9 Å². The van der Waals surface area contributed by atoms with Crippen molar-refractivity contribution < 1.29 is 46.8 Å². The van der Waals surface area contributed by atoms with Crippen LogP contribution in [0.2, 0.25) is 0 Å². The second kappa shape index (κ2) is 15.7. The van der Waals surface area contributed by atoms with Crippen LogP contribution in [0.3, 0.4) is 0 Å². The van der Waals surface area contributed by atoms with E-state index in [0.717, 1.165) is 30.7 Å². The maximum Gasteiger partial charge on any atom is 0.280 e. The molecule has 6 heterocycles. The first-order chi connectivity index (χ1) is 27.9. The highest BCUT2D eigenvalue weighted by Gasteiger charge is 2.46. The zero-order chi connectivity index (χ0) is 40.7. The lowest BCUT2D eigenvalue weighted by molar-refractivity contribution is 0.0734. The molecule has 0 spiro atoms. The summed E-state index contributed by atoms with van der Waals surface area (Å²) in [5, 5.41) is 25.2. The van der Waals surface area contributed by atoms with E-state index in [9.17, 15) is 37.4 Å². The van der Waals surface area contributed by atoms with Crippen LogP contribution in [-0.2, 0) is 11.8 Å². The van der Waals surface area contributed by atoms with Gasteiger partial charge in [-0.25, -0.2) is 37.5 Å². The number of pyridine rings is 4. The number of fused-ring (bicyclic) bond motifs is 2. The van der Waals surface area contributed by atoms with Crippen LogP contribution in [0.25, 0.3) is 11.3 Å². The maximum atomic E-state index is 13.9. The van der Waals surface area contributed by atoms with Crippen molar-refractivity contribution in [2.45, 2.75) is 69.3 Å². The Bertz CT molecular complexity index is 2520. The van der Waals surface area contributed by atoms with Crippen LogP contribution in [0.4, 0.5) is 28.9 Å². The number of nitrogens with zero attached hydrogens (tertiary/aromatic N) is 6. The number of nitrogens with one attached hydrogen (secondary N) is 2. The van der Waals surface area contributed by atoms with Crippen LogP contribution in [-0.4, -0.2) is 76.7 Å². The minimum Gasteiger partial charge on any atom is -0.491 e. The number of ether oxygens (including phenoxy) is 2. The molecule has 0 bridgehead atoms. The summed E-state index contributed by atoms with van der Waals surface area (Å²) in [6.45, 7) is 1.85. The Morgan fingerprint density at radius 2 is 1.50 bits per heavy atom. The van der Waals surface area contributed by atoms with Crippen LogP contribution >= 0.6 is 0 Å². The highest BCUT2D eigenvalue weighted by atomic mass is 19.3. The quantitative estimate of drug-likeness (QED) is 0.0846. The molecule has 0 unspecified atom stereocenters. The van der Waals surface area contributed by atoms with Crippen LogP contribution in [0, 0.1) is 0 Å². The van der Waals surface area contributed by atoms with Gasteiger partial charge in [-0.05, 0) is 56.4 Å². The number of amides is 2. The zero-order valence-corrected chi connectivity index (χ0v) is 31.0. The number of alkyl halides is 4. The topological polar surface area (TPSA) is 178 Å². The van der Waals surface area contributed by atoms with Gasteiger partial charge < -0.3 is 39.1 Å². The number of aliphatic hydroxyl groups is 2. The first-order valence-electron chi connectivity index (χ1n) is 18.7. The van der Waals surface area contributed by atoms with Crippen LogP contribution < -0.4 is 20.1 Å². The van der Waals surface area contributed by atoms with E-state index in [0.29, 0.717) is 35.6 Å². The molecule has 0 aromatic carbocycles. The van der Waals surface area contributed by atoms with E-state index in [4.69, 9.17) is 9.47 Å². The van der Waals surface area contributed by atoms with Crippen molar-refractivity contribution in [2.75, 3.05) is 30.5 Å². The predicted octanol–water partition coefficient (Wildman–Crippen LogP) is 6.43. The van der Waals surface area contributed by atoms with E-state index in [1.54, 1.807) is 52.6 Å². The second-order valence-electron chi connectivity index (χ2n) is 14.4. The van der Waals surface area contributed by atoms with Gasteiger partial charge in [0.2, 0.25) is 0 Å². The predicted molar refractivity (Wildman–Crippen MR) is 201 cm³/mol. The van der Waals surface area contributed by atoms with Gasteiger partial charge >= 0.3 is 0 Å². The van der Waals surface area contributed by atoms with Gasteiger partial charge in [0, 0.05) is 54.7 Å². The summed E-state index contributed by atoms with van der Waals surface area (Å²) in [5.41, 5.74) is 0.979. The van der Waals surface area contributed by atoms with Gasteiger partial charge in [-0.15, -0.1) is 0 Å². The average Bonchev–Trinajstić information content (AvgIpc) is 3.73. The Hall–Kier alpha value is -6.14. The van der Waals surface area contributed by atoms with Gasteiger partial charge in [0.25, 0.3) is 24.7 Å². The van der Waals surface area contributed by atoms with E-state index in [1.165, 1.54) is 18.2 Å². The molecular formula is C40H38F4N8O6. The van der Waals surface area contributed by atoms with Crippen molar-refractivity contribution in [1.82, 2.24) is 28.7 Å². The number of hydrogen-bond donors (Lipinski definition) is 4. The second-order valence-corrected chi connectivity index (χ2v) is 14.4. The Balaban J connectivity index is 1.06. The number of rotatable bonds is 15. The van der Waals surface area contributed by atoms with E-state index < -0.39 is 47.6 Å². The molecule has 2 saturated carbocycles. The summed E-state index contributed by atoms with van der Waals surface area (Å²) >= 11 is 0. The largest absolute Gasteiger partial charge is 0.491 e. The Kier molecular flexibility index (Phi) is 10.5. The Morgan fingerprint density at radius 1 is 0.845 bits per heavy atom. The molecule has 0 radical (unpaired) electrons. The lowest BCUT2D eigenvalue weighted by atomic mass is 9.80. The lowest BCUT2D eigenvalue weighted by Gasteiger charge is -2.29. The summed E-state index contributed by atoms with van der Waals surface area (Å²) in [6, 6.07) is 9.41. The minimum atomic E-state index is -2.96. The van der Waals surface area contributed by atoms with E-state index in [2.05, 4.69) is 30.6 Å². The van der Waals surface area contributed by atoms with Gasteiger partial charge in [-0.3, -0.25) is 9.59 Å². The smallest absolute Gasteiger partial charge is 0.280 e. The summed E-state index contributed by atoms with van der Waals surface area (Å²) in [4.78, 5) is 44.3. The summed E-state index contributed by atoms with van der Waals surface area (Å²) < 4.78 is 69.8. The average molecular weight is 803 g/mol. The zero-order valence-electron chi connectivity index (χ0n) is 31.0. The molecule has 0 atom stereocenters. The molecule has 0 saturated heterocycles. The van der Waals surface area contributed by atoms with Crippen LogP contribution in [0.5, 0.6) is 11.5 Å². The molecule has 4 N–H and O–H groups in total. The maximum absolute atomic E-state index is 13.9. The third kappa shape index (κ3) is 7.76. The van der Waals surface area contributed by atoms with Crippen LogP contribution in [0.15, 0.2) is 67.3 Å². The molecule has 2 fully saturated rings. The molecular weight excluding hydrogens is 764 g/mol. The summed E-state index contributed by atoms with van der Waals surface area (Å²) in [5.74, 6) is -1.09. The first kappa shape index (κ1) is 38.7. The standard InChI is InChI=1S/C40H38F4N8O6/c1-2-57-30-14-34-50-32(40(20-53)9-10-40)19-52(34)18-28(30)49-39(56)35-21(6-7-25(47-35)37(43)44)8-11-58-31-15-33-46-27(22-12-23(54)13-22)16-51(33)17-29(31)48-38(55)26-5-3-4-24(45-26)36(41)42/h3-7,14-19,22-23,36-37,53-54H,2,8-13,20H2,1H3,(H,48,55)(H,49,56). The number of carbonyl (C=O) groups excluding carboxylic acids is 2. The Morgan fingerprint density at radius 3 is 2.16 bits per heavy atom. The number of halogens is 4. The molecule has 58 heavy (non-hydrogen) atoms. The molecule has 8 rings (SSSR count). The number of carbonyl (C=O) groups is 2. The number of imidazole rings is 2. The SMILES string of the molecule is CCOc1cc2nc(C3(CO)CC3)cn2cc1NC(=O)c1nc(C(F)F)ccc1CCOc1cc2nc(C3CC(O)C3)cn2cc1NC(=O)c1cccc(C(F)F)n1. The lowest BCUT2D eigenvalue weighted by Crippen LogP contribution is -2.26. The molecule has 6 aromatic rings. The van der Waals surface area contributed by atoms with Crippen molar-refractivity contribution in [1.29, 1.82) is 0 Å². The number of hydrogen-bond acceptors (Lipinski definition) is 10. The summed E-state index contributed by atoms with van der Waals surface area (Å²) in [6.07, 6.45) is 3.11. The fourth-order valence-electron chi connectivity index (χ4n) is 6.92. The third-order valence-corrected chi connectivity index (χ3v) is 10.5. The van der Waals surface area contributed by atoms with E-state index in [1.807, 2.05) is 0 Å². The molecule has 2 aliphatic carbocycles. The molecule has 18 heteroatoms. The number of aliphatic hydroxyl groups excluding tert-OH is 2. The molecule has 2 amide bonds. The minimum absolute atomic E-state index is 0.000948. The fourth-order valence-corrected chi connectivity index (χ4v) is 6.92. The van der Waals surface area contributed by atoms with E-state index >= 15 is 0 Å². The Labute approximate surface area is 327 Å². The van der Waals surface area contributed by atoms with Crippen LogP contribution in [0.1, 0.15) is 101 Å². The van der Waals surface area contributed by atoms with Gasteiger partial charge in [-0.1, -0.05) is 12.1 Å². The highest BCUT2D eigenvalue weighted by Crippen LogP contribution is 2.47. The number of anilines is 2. The molecule has 0 aliphatic heterocycles. The van der Waals surface area contributed by atoms with Crippen molar-refractivity contribution >= 4 is 34.5 Å². The molecule has 2 aliphatic rings. The molecule has 14 nitrogen and oxygen atoms in total. The highest BCUT2D eigenvalue weighted by molar-refractivity contribution is 6.05. The first-order valence-corrected chi connectivity index (χ1v) is 18.7. The van der Waals surface area contributed by atoms with Gasteiger partial charge in [-0.2, -0.15) is 0 Å². The van der Waals surface area contributed by atoms with Crippen molar-refractivity contribution in [3.05, 3.63) is 107 Å². The van der Waals surface area contributed by atoms with Crippen molar-refractivity contribution in [2.24, 2.45) is 0 Å². The van der Waals surface area contributed by atoms with Crippen molar-refractivity contribution in [3.63, 3.8) is 0 Å². The van der Waals surface area contributed by atoms with Gasteiger partial charge in [0.05, 0.1) is 37.3 Å².